The molecule has 2 nitrogen and oxygen atoms in total. The van der Waals surface area contributed by atoms with Crippen LogP contribution in [0.15, 0.2) is 33.4 Å². The molecule has 1 N–H and O–H groups in total. The highest BCUT2D eigenvalue weighted by Crippen LogP contribution is 2.30. The maximum absolute atomic E-state index is 5.35. The van der Waals surface area contributed by atoms with Crippen molar-refractivity contribution in [2.24, 2.45) is 0 Å². The van der Waals surface area contributed by atoms with Gasteiger partial charge in [-0.1, -0.05) is 22.9 Å². The maximum atomic E-state index is 5.35. The van der Waals surface area contributed by atoms with Gasteiger partial charge in [-0.3, -0.25) is 0 Å². The number of ether oxygens (including phenoxy) is 1. The largest absolute Gasteiger partial charge is 0.497 e. The van der Waals surface area contributed by atoms with Gasteiger partial charge in [0, 0.05) is 10.5 Å². The molecule has 0 fully saturated rings. The standard InChI is InChI=1S/C17H22BrNOS/c1-4-7-19-17(15-11-21-10-12(15)2)9-13-8-14(20-3)5-6-16(13)18/h5-6,8,10-11,17,19H,4,7,9H2,1-3H3. The van der Waals surface area contributed by atoms with Crippen LogP contribution in [0.4, 0.5) is 0 Å². The maximum Gasteiger partial charge on any atom is 0.119 e. The van der Waals surface area contributed by atoms with Crippen molar-refractivity contribution >= 4 is 27.3 Å². The molecule has 1 aromatic carbocycles. The van der Waals surface area contributed by atoms with E-state index in [1.165, 1.54) is 16.7 Å². The van der Waals surface area contributed by atoms with Crippen LogP contribution in [0.3, 0.4) is 0 Å². The molecule has 0 bridgehead atoms. The van der Waals surface area contributed by atoms with Gasteiger partial charge in [-0.05, 0) is 72.0 Å². The van der Waals surface area contributed by atoms with E-state index in [-0.39, 0.29) is 0 Å². The summed E-state index contributed by atoms with van der Waals surface area (Å²) in [5, 5.41) is 8.15. The summed E-state index contributed by atoms with van der Waals surface area (Å²) in [5.74, 6) is 0.907. The van der Waals surface area contributed by atoms with E-state index in [0.29, 0.717) is 6.04 Å². The Labute approximate surface area is 139 Å². The normalized spacial score (nSPS) is 12.4. The molecule has 0 radical (unpaired) electrons. The molecule has 0 aliphatic rings. The van der Waals surface area contributed by atoms with Crippen LogP contribution in [0.5, 0.6) is 5.75 Å². The van der Waals surface area contributed by atoms with Crippen molar-refractivity contribution in [3.63, 3.8) is 0 Å². The first-order chi connectivity index (χ1) is 10.2. The minimum atomic E-state index is 0.347. The summed E-state index contributed by atoms with van der Waals surface area (Å²) < 4.78 is 6.49. The highest BCUT2D eigenvalue weighted by Gasteiger charge is 2.16. The van der Waals surface area contributed by atoms with E-state index in [1.54, 1.807) is 18.4 Å². The molecule has 2 rings (SSSR count). The average Bonchev–Trinajstić information content (AvgIpc) is 2.91. The second-order valence-corrected chi connectivity index (χ2v) is 6.78. The summed E-state index contributed by atoms with van der Waals surface area (Å²) in [6.07, 6.45) is 2.09. The number of aryl methyl sites for hydroxylation is 1. The summed E-state index contributed by atoms with van der Waals surface area (Å²) >= 11 is 5.43. The van der Waals surface area contributed by atoms with Gasteiger partial charge in [0.05, 0.1) is 7.11 Å². The molecule has 1 aromatic heterocycles. The van der Waals surface area contributed by atoms with Crippen LogP contribution in [-0.2, 0) is 6.42 Å². The van der Waals surface area contributed by atoms with Crippen molar-refractivity contribution < 1.29 is 4.74 Å². The van der Waals surface area contributed by atoms with Crippen LogP contribution < -0.4 is 10.1 Å². The molecular weight excluding hydrogens is 346 g/mol. The lowest BCUT2D eigenvalue weighted by molar-refractivity contribution is 0.413. The third-order valence-electron chi connectivity index (χ3n) is 3.59. The fourth-order valence-electron chi connectivity index (χ4n) is 2.39. The molecule has 0 amide bonds. The van der Waals surface area contributed by atoms with Crippen molar-refractivity contribution in [3.05, 3.63) is 50.1 Å². The topological polar surface area (TPSA) is 21.3 Å². The average molecular weight is 368 g/mol. The first kappa shape index (κ1) is 16.5. The number of hydrogen-bond acceptors (Lipinski definition) is 3. The van der Waals surface area contributed by atoms with Crippen LogP contribution in [0.25, 0.3) is 0 Å². The number of hydrogen-bond donors (Lipinski definition) is 1. The summed E-state index contributed by atoms with van der Waals surface area (Å²) in [6, 6.07) is 6.51. The van der Waals surface area contributed by atoms with Crippen molar-refractivity contribution in [2.45, 2.75) is 32.7 Å². The van der Waals surface area contributed by atoms with Crippen LogP contribution in [0.2, 0.25) is 0 Å². The lowest BCUT2D eigenvalue weighted by Gasteiger charge is -2.20. The van der Waals surface area contributed by atoms with Gasteiger partial charge in [-0.25, -0.2) is 0 Å². The van der Waals surface area contributed by atoms with Crippen LogP contribution in [0, 0.1) is 6.92 Å². The summed E-state index contributed by atoms with van der Waals surface area (Å²) in [5.41, 5.74) is 4.05. The highest BCUT2D eigenvalue weighted by molar-refractivity contribution is 9.10. The number of halogens is 1. The van der Waals surface area contributed by atoms with Gasteiger partial charge >= 0.3 is 0 Å². The first-order valence-corrected chi connectivity index (χ1v) is 8.97. The third-order valence-corrected chi connectivity index (χ3v) is 5.24. The Hall–Kier alpha value is -0.840. The molecule has 0 saturated heterocycles. The van der Waals surface area contributed by atoms with Gasteiger partial charge in [0.1, 0.15) is 5.75 Å². The van der Waals surface area contributed by atoms with E-state index in [4.69, 9.17) is 4.74 Å². The van der Waals surface area contributed by atoms with E-state index in [1.807, 2.05) is 6.07 Å². The van der Waals surface area contributed by atoms with Crippen LogP contribution in [-0.4, -0.2) is 13.7 Å². The molecule has 0 spiro atoms. The number of benzene rings is 1. The molecule has 1 heterocycles. The zero-order valence-corrected chi connectivity index (χ0v) is 15.2. The predicted octanol–water partition coefficient (Wildman–Crippen LogP) is 5.11. The Kier molecular flexibility index (Phi) is 6.27. The Bertz CT molecular complexity index is 582. The molecule has 1 atom stereocenters. The molecule has 21 heavy (non-hydrogen) atoms. The molecule has 4 heteroatoms. The van der Waals surface area contributed by atoms with E-state index in [2.05, 4.69) is 58.0 Å². The lowest BCUT2D eigenvalue weighted by atomic mass is 9.98. The molecule has 114 valence electrons. The molecule has 0 aliphatic carbocycles. The Morgan fingerprint density at radius 1 is 1.33 bits per heavy atom. The zero-order chi connectivity index (χ0) is 15.2. The number of nitrogens with one attached hydrogen (secondary N) is 1. The quantitative estimate of drug-likeness (QED) is 0.733. The zero-order valence-electron chi connectivity index (χ0n) is 12.8. The van der Waals surface area contributed by atoms with Crippen LogP contribution in [0.1, 0.15) is 36.1 Å². The van der Waals surface area contributed by atoms with Crippen molar-refractivity contribution in [1.82, 2.24) is 5.32 Å². The monoisotopic (exact) mass is 367 g/mol. The Balaban J connectivity index is 2.24. The van der Waals surface area contributed by atoms with Gasteiger partial charge in [0.2, 0.25) is 0 Å². The van der Waals surface area contributed by atoms with Gasteiger partial charge in [0.15, 0.2) is 0 Å². The first-order valence-electron chi connectivity index (χ1n) is 7.24. The predicted molar refractivity (Wildman–Crippen MR) is 94.5 cm³/mol. The van der Waals surface area contributed by atoms with Gasteiger partial charge in [-0.2, -0.15) is 11.3 Å². The highest BCUT2D eigenvalue weighted by atomic mass is 79.9. The number of rotatable bonds is 7. The number of methoxy groups -OCH3 is 1. The van der Waals surface area contributed by atoms with E-state index in [9.17, 15) is 0 Å². The second-order valence-electron chi connectivity index (χ2n) is 5.18. The summed E-state index contributed by atoms with van der Waals surface area (Å²) in [6.45, 7) is 5.42. The van der Waals surface area contributed by atoms with E-state index >= 15 is 0 Å². The molecule has 1 unspecified atom stereocenters. The van der Waals surface area contributed by atoms with Gasteiger partial charge in [0.25, 0.3) is 0 Å². The Morgan fingerprint density at radius 2 is 2.14 bits per heavy atom. The summed E-state index contributed by atoms with van der Waals surface area (Å²) in [7, 11) is 1.71. The molecule has 2 aromatic rings. The van der Waals surface area contributed by atoms with Gasteiger partial charge < -0.3 is 10.1 Å². The molecule has 0 saturated carbocycles. The molecule has 0 aliphatic heterocycles. The fraction of sp³-hybridized carbons (Fsp3) is 0.412. The van der Waals surface area contributed by atoms with Crippen molar-refractivity contribution in [1.29, 1.82) is 0 Å². The van der Waals surface area contributed by atoms with Crippen molar-refractivity contribution in [2.75, 3.05) is 13.7 Å². The van der Waals surface area contributed by atoms with Crippen LogP contribution >= 0.6 is 27.3 Å². The van der Waals surface area contributed by atoms with Gasteiger partial charge in [-0.15, -0.1) is 0 Å². The lowest BCUT2D eigenvalue weighted by Crippen LogP contribution is -2.24. The SMILES string of the molecule is CCCNC(Cc1cc(OC)ccc1Br)c1cscc1C. The van der Waals surface area contributed by atoms with E-state index in [0.717, 1.165) is 29.6 Å². The summed E-state index contributed by atoms with van der Waals surface area (Å²) in [4.78, 5) is 0. The minimum Gasteiger partial charge on any atom is -0.497 e. The fourth-order valence-corrected chi connectivity index (χ4v) is 3.71. The minimum absolute atomic E-state index is 0.347. The second kappa shape index (κ2) is 7.97. The van der Waals surface area contributed by atoms with E-state index < -0.39 is 0 Å². The third kappa shape index (κ3) is 4.31. The molecular formula is C17H22BrNOS. The Morgan fingerprint density at radius 3 is 2.76 bits per heavy atom. The smallest absolute Gasteiger partial charge is 0.119 e. The van der Waals surface area contributed by atoms with Crippen molar-refractivity contribution in [3.8, 4) is 5.75 Å². The number of thiophene rings is 1.